The highest BCUT2D eigenvalue weighted by molar-refractivity contribution is 6.13. The van der Waals surface area contributed by atoms with Crippen LogP contribution in [0.4, 0.5) is 0 Å². The summed E-state index contributed by atoms with van der Waals surface area (Å²) in [6.07, 6.45) is 3.78. The smallest absolute Gasteiger partial charge is 0.330 e. The van der Waals surface area contributed by atoms with Crippen molar-refractivity contribution in [2.75, 3.05) is 19.8 Å². The van der Waals surface area contributed by atoms with E-state index < -0.39 is 0 Å². The predicted molar refractivity (Wildman–Crippen MR) is 70.9 cm³/mol. The van der Waals surface area contributed by atoms with E-state index in [9.17, 15) is 4.79 Å². The number of carbonyl (C=O) groups excluding carboxylic acids is 1. The average molecular weight is 260 g/mol. The fourth-order valence-corrected chi connectivity index (χ4v) is 2.51. The Hall–Kier alpha value is -0.653. The van der Waals surface area contributed by atoms with E-state index in [0.717, 1.165) is 29.5 Å². The summed E-state index contributed by atoms with van der Waals surface area (Å²) < 4.78 is 16.2. The fraction of sp³-hybridized carbons (Fsp3) is 0.750. The molecule has 0 N–H and O–H groups in total. The minimum absolute atomic E-state index is 0.364. The Balaban J connectivity index is 3.74. The maximum atomic E-state index is 10.8. The zero-order valence-electron chi connectivity index (χ0n) is 11.2. The summed E-state index contributed by atoms with van der Waals surface area (Å²) in [4.78, 5) is 10.8. The van der Waals surface area contributed by atoms with E-state index in [2.05, 4.69) is 6.58 Å². The molecule has 0 rings (SSSR count). The third kappa shape index (κ3) is 8.12. The van der Waals surface area contributed by atoms with Crippen LogP contribution in [0.5, 0.6) is 0 Å². The van der Waals surface area contributed by atoms with Gasteiger partial charge in [-0.1, -0.05) is 6.58 Å². The summed E-state index contributed by atoms with van der Waals surface area (Å²) in [6, 6.07) is 0. The molecule has 0 heterocycles. The van der Waals surface area contributed by atoms with Crippen LogP contribution in [0.25, 0.3) is 0 Å². The molecule has 0 amide bonds. The molecule has 0 aliphatic rings. The monoisotopic (exact) mass is 260 g/mol. The molecular weight excluding hydrogens is 236 g/mol. The molecule has 17 heavy (non-hydrogen) atoms. The zero-order valence-corrected chi connectivity index (χ0v) is 13.2. The lowest BCUT2D eigenvalue weighted by Crippen LogP contribution is -2.36. The lowest BCUT2D eigenvalue weighted by atomic mass is 10.2. The normalized spacial score (nSPS) is 11.4. The molecule has 0 radical (unpaired) electrons. The summed E-state index contributed by atoms with van der Waals surface area (Å²) in [5.74, 6) is -0.364. The molecule has 0 aliphatic carbocycles. The molecule has 0 aromatic heterocycles. The lowest BCUT2D eigenvalue weighted by Gasteiger charge is -2.29. The van der Waals surface area contributed by atoms with Crippen LogP contribution in [0.3, 0.4) is 0 Å². The standard InChI is InChI=1S/C12H24O4Si/c1-4-11(13)14-10-8-7-9-12(17,15-5-2)16-6-3/h4H,1,5-10H2,2-3,17H3. The minimum Gasteiger partial charge on any atom is -0.463 e. The van der Waals surface area contributed by atoms with E-state index in [-0.39, 0.29) is 11.4 Å². The highest BCUT2D eigenvalue weighted by Gasteiger charge is 2.23. The van der Waals surface area contributed by atoms with Crippen molar-refractivity contribution < 1.29 is 19.0 Å². The van der Waals surface area contributed by atoms with Gasteiger partial charge >= 0.3 is 5.97 Å². The third-order valence-corrected chi connectivity index (χ3v) is 3.41. The quantitative estimate of drug-likeness (QED) is 0.193. The molecule has 0 bridgehead atoms. The Bertz CT molecular complexity index is 225. The first kappa shape index (κ1) is 16.3. The van der Waals surface area contributed by atoms with Crippen molar-refractivity contribution in [1.82, 2.24) is 0 Å². The average Bonchev–Trinajstić information content (AvgIpc) is 2.29. The highest BCUT2D eigenvalue weighted by Crippen LogP contribution is 2.17. The van der Waals surface area contributed by atoms with Crippen LogP contribution in [0.15, 0.2) is 12.7 Å². The van der Waals surface area contributed by atoms with Gasteiger partial charge in [0.05, 0.1) is 16.8 Å². The van der Waals surface area contributed by atoms with Gasteiger partial charge in [-0.05, 0) is 33.1 Å². The Morgan fingerprint density at radius 3 is 2.35 bits per heavy atom. The molecule has 0 saturated heterocycles. The van der Waals surface area contributed by atoms with Crippen LogP contribution < -0.4 is 0 Å². The number of hydrogen-bond acceptors (Lipinski definition) is 4. The maximum Gasteiger partial charge on any atom is 0.330 e. The second-order valence-corrected chi connectivity index (χ2v) is 5.35. The molecule has 0 fully saturated rings. The molecule has 4 nitrogen and oxygen atoms in total. The van der Waals surface area contributed by atoms with Gasteiger partial charge in [0, 0.05) is 19.3 Å². The molecule has 0 aromatic rings. The Morgan fingerprint density at radius 2 is 1.88 bits per heavy atom. The van der Waals surface area contributed by atoms with E-state index in [1.165, 1.54) is 6.08 Å². The van der Waals surface area contributed by atoms with E-state index in [0.29, 0.717) is 19.8 Å². The molecular formula is C12H24O4Si. The van der Waals surface area contributed by atoms with E-state index in [1.54, 1.807) is 0 Å². The van der Waals surface area contributed by atoms with E-state index in [1.807, 2.05) is 13.8 Å². The summed E-state index contributed by atoms with van der Waals surface area (Å²) in [6.45, 7) is 9.03. The number of carbonyl (C=O) groups is 1. The molecule has 0 saturated carbocycles. The Morgan fingerprint density at radius 1 is 1.29 bits per heavy atom. The Kier molecular flexibility index (Phi) is 9.02. The first-order valence-corrected chi connectivity index (χ1v) is 7.15. The van der Waals surface area contributed by atoms with Crippen molar-refractivity contribution in [1.29, 1.82) is 0 Å². The number of unbranched alkanes of at least 4 members (excludes halogenated alkanes) is 1. The summed E-state index contributed by atoms with van der Waals surface area (Å²) in [5.41, 5.74) is -0.383. The molecule has 100 valence electrons. The van der Waals surface area contributed by atoms with Gasteiger partial charge in [0.1, 0.15) is 5.41 Å². The number of hydrogen-bond donors (Lipinski definition) is 0. The van der Waals surface area contributed by atoms with Gasteiger partial charge in [-0.15, -0.1) is 0 Å². The molecule has 0 aliphatic heterocycles. The predicted octanol–water partition coefficient (Wildman–Crippen LogP) is 0.978. The molecule has 0 aromatic carbocycles. The molecule has 0 spiro atoms. The SMILES string of the molecule is C=CC(=O)OCCCCC([SiH3])(OCC)OCC. The van der Waals surface area contributed by atoms with Gasteiger partial charge in [-0.2, -0.15) is 0 Å². The van der Waals surface area contributed by atoms with Crippen LogP contribution in [0.1, 0.15) is 33.1 Å². The highest BCUT2D eigenvalue weighted by atomic mass is 28.1. The van der Waals surface area contributed by atoms with Gasteiger partial charge in [0.2, 0.25) is 0 Å². The van der Waals surface area contributed by atoms with Crippen LogP contribution >= 0.6 is 0 Å². The number of esters is 1. The minimum atomic E-state index is -0.383. The van der Waals surface area contributed by atoms with Gasteiger partial charge in [-0.25, -0.2) is 4.79 Å². The second kappa shape index (κ2) is 9.38. The van der Waals surface area contributed by atoms with Gasteiger partial charge in [0.15, 0.2) is 0 Å². The third-order valence-electron chi connectivity index (χ3n) is 2.34. The van der Waals surface area contributed by atoms with Crippen molar-refractivity contribution in [2.24, 2.45) is 0 Å². The second-order valence-electron chi connectivity index (χ2n) is 3.83. The van der Waals surface area contributed by atoms with E-state index >= 15 is 0 Å². The summed E-state index contributed by atoms with van der Waals surface area (Å²) in [5, 5.41) is 0. The van der Waals surface area contributed by atoms with Gasteiger partial charge < -0.3 is 14.2 Å². The van der Waals surface area contributed by atoms with Gasteiger partial charge in [-0.3, -0.25) is 0 Å². The fourth-order valence-electron chi connectivity index (χ4n) is 1.58. The first-order chi connectivity index (χ1) is 8.08. The van der Waals surface area contributed by atoms with Crippen LogP contribution in [0.2, 0.25) is 0 Å². The number of rotatable bonds is 10. The van der Waals surface area contributed by atoms with Crippen molar-refractivity contribution >= 4 is 16.2 Å². The molecule has 5 heteroatoms. The molecule has 0 unspecified atom stereocenters. The topological polar surface area (TPSA) is 44.8 Å². The van der Waals surface area contributed by atoms with Crippen LogP contribution in [0, 0.1) is 0 Å². The van der Waals surface area contributed by atoms with Crippen molar-refractivity contribution in [3.05, 3.63) is 12.7 Å². The van der Waals surface area contributed by atoms with Gasteiger partial charge in [0.25, 0.3) is 0 Å². The van der Waals surface area contributed by atoms with Crippen LogP contribution in [-0.4, -0.2) is 41.4 Å². The van der Waals surface area contributed by atoms with Crippen molar-refractivity contribution in [3.63, 3.8) is 0 Å². The largest absolute Gasteiger partial charge is 0.463 e. The maximum absolute atomic E-state index is 10.8. The summed E-state index contributed by atoms with van der Waals surface area (Å²) >= 11 is 0. The summed E-state index contributed by atoms with van der Waals surface area (Å²) in [7, 11) is 0.835. The van der Waals surface area contributed by atoms with Crippen molar-refractivity contribution in [3.8, 4) is 0 Å². The first-order valence-electron chi connectivity index (χ1n) is 6.15. The van der Waals surface area contributed by atoms with Crippen LogP contribution in [-0.2, 0) is 19.0 Å². The zero-order chi connectivity index (χ0) is 13.1. The Labute approximate surface area is 107 Å². The van der Waals surface area contributed by atoms with E-state index in [4.69, 9.17) is 14.2 Å². The van der Waals surface area contributed by atoms with Crippen molar-refractivity contribution in [2.45, 2.75) is 38.5 Å². The lowest BCUT2D eigenvalue weighted by molar-refractivity contribution is -0.177. The number of ether oxygens (including phenoxy) is 3. The molecule has 0 atom stereocenters.